The third kappa shape index (κ3) is 2.98. The van der Waals surface area contributed by atoms with Gasteiger partial charge in [0.1, 0.15) is 5.83 Å². The lowest BCUT2D eigenvalue weighted by Crippen LogP contribution is -2.08. The summed E-state index contributed by atoms with van der Waals surface area (Å²) in [7, 11) is 1.60. The lowest BCUT2D eigenvalue weighted by atomic mass is 10.3. The molecule has 0 aromatic heterocycles. The average Bonchev–Trinajstić information content (AvgIpc) is 2.02. The number of halogens is 1. The Hall–Kier alpha value is -1.12. The molecule has 0 amide bonds. The molecule has 0 heterocycles. The van der Waals surface area contributed by atoms with E-state index in [0.29, 0.717) is 6.42 Å². The van der Waals surface area contributed by atoms with E-state index < -0.39 is 0 Å². The molecule has 0 spiro atoms. The van der Waals surface area contributed by atoms with E-state index in [1.54, 1.807) is 7.05 Å². The zero-order valence-electron chi connectivity index (χ0n) is 6.97. The van der Waals surface area contributed by atoms with Crippen molar-refractivity contribution in [3.8, 4) is 0 Å². The first kappa shape index (κ1) is 9.88. The fourth-order valence-electron chi connectivity index (χ4n) is 0.537. The predicted octanol–water partition coefficient (Wildman–Crippen LogP) is 2.31. The first-order valence-electron chi connectivity index (χ1n) is 3.38. The maximum Gasteiger partial charge on any atom is 0.143 e. The maximum absolute atomic E-state index is 12.9. The molecule has 0 radical (unpaired) electrons. The molecule has 2 nitrogen and oxygen atoms in total. The highest BCUT2D eigenvalue weighted by atomic mass is 19.1. The SMILES string of the molecule is C=NN(C)C(=C)/C(F)=C\CC. The Morgan fingerprint density at radius 2 is 2.27 bits per heavy atom. The third-order valence-electron chi connectivity index (χ3n) is 1.26. The van der Waals surface area contributed by atoms with Gasteiger partial charge in [0.05, 0.1) is 5.70 Å². The van der Waals surface area contributed by atoms with Crippen molar-refractivity contribution in [1.82, 2.24) is 5.01 Å². The summed E-state index contributed by atoms with van der Waals surface area (Å²) in [6, 6.07) is 0. The topological polar surface area (TPSA) is 15.6 Å². The van der Waals surface area contributed by atoms with Crippen molar-refractivity contribution in [1.29, 1.82) is 0 Å². The summed E-state index contributed by atoms with van der Waals surface area (Å²) in [5.41, 5.74) is 0.238. The van der Waals surface area contributed by atoms with Crippen LogP contribution in [-0.4, -0.2) is 18.8 Å². The van der Waals surface area contributed by atoms with Gasteiger partial charge in [0, 0.05) is 13.8 Å². The number of hydrogen-bond acceptors (Lipinski definition) is 2. The highest BCUT2D eigenvalue weighted by molar-refractivity contribution is 5.26. The number of likely N-dealkylation sites (N-methyl/N-ethyl adjacent to an activating group) is 1. The molecule has 0 saturated carbocycles. The quantitative estimate of drug-likeness (QED) is 0.346. The van der Waals surface area contributed by atoms with Crippen LogP contribution in [0.5, 0.6) is 0 Å². The number of allylic oxidation sites excluding steroid dienone is 2. The number of hydrogen-bond donors (Lipinski definition) is 0. The second-order valence-electron chi connectivity index (χ2n) is 2.07. The standard InChI is InChI=1S/C8H13FN2/c1-5-6-8(9)7(2)11(4)10-3/h6H,2-3,5H2,1,4H3/b8-6+. The molecule has 0 aromatic carbocycles. The third-order valence-corrected chi connectivity index (χ3v) is 1.26. The van der Waals surface area contributed by atoms with Crippen molar-refractivity contribution in [2.45, 2.75) is 13.3 Å². The van der Waals surface area contributed by atoms with Gasteiger partial charge in [0.25, 0.3) is 0 Å². The van der Waals surface area contributed by atoms with Crippen LogP contribution >= 0.6 is 0 Å². The second kappa shape index (κ2) is 4.66. The Kier molecular flexibility index (Phi) is 4.18. The summed E-state index contributed by atoms with van der Waals surface area (Å²) in [6.07, 6.45) is 2.10. The van der Waals surface area contributed by atoms with Crippen LogP contribution in [0.4, 0.5) is 4.39 Å². The van der Waals surface area contributed by atoms with Gasteiger partial charge < -0.3 is 0 Å². The van der Waals surface area contributed by atoms with Crippen molar-refractivity contribution in [2.75, 3.05) is 7.05 Å². The second-order valence-corrected chi connectivity index (χ2v) is 2.07. The molecule has 0 fully saturated rings. The molecule has 0 aromatic rings. The van der Waals surface area contributed by atoms with Gasteiger partial charge >= 0.3 is 0 Å². The minimum Gasteiger partial charge on any atom is -0.267 e. The van der Waals surface area contributed by atoms with Gasteiger partial charge in [-0.25, -0.2) is 4.39 Å². The van der Waals surface area contributed by atoms with Crippen LogP contribution in [0, 0.1) is 0 Å². The summed E-state index contributed by atoms with van der Waals surface area (Å²) in [5, 5.41) is 4.79. The van der Waals surface area contributed by atoms with Gasteiger partial charge in [-0.05, 0) is 12.5 Å². The highest BCUT2D eigenvalue weighted by Gasteiger charge is 2.03. The van der Waals surface area contributed by atoms with Crippen LogP contribution in [0.25, 0.3) is 0 Å². The van der Waals surface area contributed by atoms with Gasteiger partial charge in [0.2, 0.25) is 0 Å². The smallest absolute Gasteiger partial charge is 0.143 e. The van der Waals surface area contributed by atoms with E-state index in [1.165, 1.54) is 11.1 Å². The molecule has 0 bridgehead atoms. The highest BCUT2D eigenvalue weighted by Crippen LogP contribution is 2.13. The van der Waals surface area contributed by atoms with Crippen LogP contribution in [0.2, 0.25) is 0 Å². The minimum atomic E-state index is -0.345. The van der Waals surface area contributed by atoms with Crippen LogP contribution in [0.1, 0.15) is 13.3 Å². The number of rotatable bonds is 4. The van der Waals surface area contributed by atoms with E-state index in [1.807, 2.05) is 6.92 Å². The molecule has 62 valence electrons. The van der Waals surface area contributed by atoms with Crippen LogP contribution in [-0.2, 0) is 0 Å². The molecule has 0 atom stereocenters. The Morgan fingerprint density at radius 1 is 1.73 bits per heavy atom. The molecule has 0 unspecified atom stereocenters. The maximum atomic E-state index is 12.9. The van der Waals surface area contributed by atoms with Crippen LogP contribution in [0.3, 0.4) is 0 Å². The van der Waals surface area contributed by atoms with Crippen molar-refractivity contribution >= 4 is 6.72 Å². The molecule has 0 rings (SSSR count). The summed E-state index contributed by atoms with van der Waals surface area (Å²) in [5.74, 6) is -0.345. The summed E-state index contributed by atoms with van der Waals surface area (Å²) in [6.45, 7) is 8.59. The zero-order valence-corrected chi connectivity index (χ0v) is 6.97. The molecular weight excluding hydrogens is 143 g/mol. The molecule has 11 heavy (non-hydrogen) atoms. The predicted molar refractivity (Wildman–Crippen MR) is 45.9 cm³/mol. The Bertz CT molecular complexity index is 185. The first-order valence-corrected chi connectivity index (χ1v) is 3.38. The van der Waals surface area contributed by atoms with Gasteiger partial charge in [-0.1, -0.05) is 13.5 Å². The van der Waals surface area contributed by atoms with Gasteiger partial charge in [-0.3, -0.25) is 5.01 Å². The molecule has 0 aliphatic carbocycles. The fraction of sp³-hybridized carbons (Fsp3) is 0.375. The number of hydrazone groups is 1. The summed E-state index contributed by atoms with van der Waals surface area (Å²) in [4.78, 5) is 0. The van der Waals surface area contributed by atoms with E-state index in [9.17, 15) is 4.39 Å². The van der Waals surface area contributed by atoms with Crippen molar-refractivity contribution < 1.29 is 4.39 Å². The lowest BCUT2D eigenvalue weighted by molar-refractivity contribution is 0.429. The minimum absolute atomic E-state index is 0.238. The monoisotopic (exact) mass is 156 g/mol. The van der Waals surface area contributed by atoms with Gasteiger partial charge in [0.15, 0.2) is 0 Å². The lowest BCUT2D eigenvalue weighted by Gasteiger charge is -2.12. The van der Waals surface area contributed by atoms with Crippen LogP contribution in [0.15, 0.2) is 29.3 Å². The fourth-order valence-corrected chi connectivity index (χ4v) is 0.537. The molecule has 0 aliphatic rings. The van der Waals surface area contributed by atoms with E-state index in [0.717, 1.165) is 0 Å². The first-order chi connectivity index (χ1) is 5.13. The molecule has 0 saturated heterocycles. The Labute approximate surface area is 66.7 Å². The molecule has 0 aliphatic heterocycles. The van der Waals surface area contributed by atoms with Crippen molar-refractivity contribution in [3.05, 3.63) is 24.2 Å². The van der Waals surface area contributed by atoms with Crippen LogP contribution < -0.4 is 0 Å². The molecular formula is C8H13FN2. The normalized spacial score (nSPS) is 11.0. The number of nitrogens with zero attached hydrogens (tertiary/aromatic N) is 2. The van der Waals surface area contributed by atoms with Crippen molar-refractivity contribution in [3.63, 3.8) is 0 Å². The molecule has 0 N–H and O–H groups in total. The van der Waals surface area contributed by atoms with E-state index in [-0.39, 0.29) is 11.5 Å². The largest absolute Gasteiger partial charge is 0.267 e. The Morgan fingerprint density at radius 3 is 2.64 bits per heavy atom. The molecule has 3 heteroatoms. The summed E-state index contributed by atoms with van der Waals surface area (Å²) < 4.78 is 12.9. The average molecular weight is 156 g/mol. The Balaban J connectivity index is 4.24. The van der Waals surface area contributed by atoms with E-state index in [2.05, 4.69) is 18.4 Å². The van der Waals surface area contributed by atoms with Gasteiger partial charge in [-0.2, -0.15) is 5.10 Å². The van der Waals surface area contributed by atoms with E-state index >= 15 is 0 Å². The zero-order chi connectivity index (χ0) is 8.85. The van der Waals surface area contributed by atoms with E-state index in [4.69, 9.17) is 0 Å². The van der Waals surface area contributed by atoms with Crippen molar-refractivity contribution in [2.24, 2.45) is 5.10 Å². The van der Waals surface area contributed by atoms with Gasteiger partial charge in [-0.15, -0.1) is 0 Å². The summed E-state index contributed by atoms with van der Waals surface area (Å²) >= 11 is 0.